The Morgan fingerprint density at radius 1 is 0.945 bits per heavy atom. The average Bonchev–Trinajstić information content (AvgIpc) is 3.63. The van der Waals surface area contributed by atoms with Gasteiger partial charge in [-0.25, -0.2) is 14.6 Å². The van der Waals surface area contributed by atoms with Crippen molar-refractivity contribution < 1.29 is 33.5 Å². The summed E-state index contributed by atoms with van der Waals surface area (Å²) in [7, 11) is 1.27. The molecule has 0 aliphatic carbocycles. The van der Waals surface area contributed by atoms with E-state index in [1.165, 1.54) is 46.9 Å². The molecule has 1 atom stereocenters. The Hall–Kier alpha value is -5.93. The number of non-ortho nitro benzene ring substituents is 1. The number of nitrogens with zero attached hydrogens (tertiary/aromatic N) is 4. The molecule has 0 unspecified atom stereocenters. The molecule has 55 heavy (non-hydrogen) atoms. The van der Waals surface area contributed by atoms with E-state index >= 15 is 0 Å². The number of fused-ring (bicyclic) bond motifs is 1. The minimum Gasteiger partial charge on any atom is -0.490 e. The summed E-state index contributed by atoms with van der Waals surface area (Å²) in [6.45, 7) is 9.33. The zero-order valence-electron chi connectivity index (χ0n) is 31.0. The zero-order chi connectivity index (χ0) is 39.4. The summed E-state index contributed by atoms with van der Waals surface area (Å²) in [5.41, 5.74) is 4.58. The number of hydrogen-bond donors (Lipinski definition) is 0. The van der Waals surface area contributed by atoms with Gasteiger partial charge >= 0.3 is 11.9 Å². The summed E-state index contributed by atoms with van der Waals surface area (Å²) in [6, 6.07) is 20.6. The standard InChI is InChI=1S/C40H38N4O9S2/c1-7-51-33-20-26(9-18-32(33)53-22-35(45)50-6)37-36(39(47)52-8-2)24(4)41-40-43(37)38(46)34(55-40)21-27-19-23(3)42(25(27)5)28-10-14-30(15-11-28)54-31-16-12-29(13-17-31)44(48)49/h9-21,37H,7-8,22H2,1-6H3/b34-21-/t37-/m1/s1. The molecule has 13 nitrogen and oxygen atoms in total. The van der Waals surface area contributed by atoms with E-state index in [1.807, 2.05) is 57.2 Å². The maximum Gasteiger partial charge on any atom is 0.343 e. The van der Waals surface area contributed by atoms with Crippen LogP contribution in [0.2, 0.25) is 0 Å². The minimum absolute atomic E-state index is 0.0464. The minimum atomic E-state index is -0.888. The van der Waals surface area contributed by atoms with Crippen LogP contribution in [0.15, 0.2) is 104 Å². The van der Waals surface area contributed by atoms with Crippen molar-refractivity contribution in [2.75, 3.05) is 26.9 Å². The molecule has 6 rings (SSSR count). The summed E-state index contributed by atoms with van der Waals surface area (Å²) >= 11 is 2.74. The molecule has 2 aromatic heterocycles. The number of allylic oxidation sites excluding steroid dienone is 1. The molecule has 1 aliphatic rings. The average molecular weight is 783 g/mol. The summed E-state index contributed by atoms with van der Waals surface area (Å²) in [5.74, 6) is -0.520. The molecular weight excluding hydrogens is 745 g/mol. The third-order valence-electron chi connectivity index (χ3n) is 8.81. The molecule has 0 saturated carbocycles. The van der Waals surface area contributed by atoms with E-state index in [0.717, 1.165) is 32.4 Å². The first-order valence-electron chi connectivity index (χ1n) is 17.3. The molecule has 0 radical (unpaired) electrons. The number of aryl methyl sites for hydroxylation is 1. The van der Waals surface area contributed by atoms with Crippen molar-refractivity contribution in [3.63, 3.8) is 0 Å². The van der Waals surface area contributed by atoms with Crippen LogP contribution in [-0.4, -0.2) is 52.9 Å². The molecule has 5 aromatic rings. The highest BCUT2D eigenvalue weighted by Crippen LogP contribution is 2.37. The van der Waals surface area contributed by atoms with Gasteiger partial charge in [-0.1, -0.05) is 29.2 Å². The summed E-state index contributed by atoms with van der Waals surface area (Å²) < 4.78 is 25.7. The smallest absolute Gasteiger partial charge is 0.343 e. The SMILES string of the molecule is CCOC(=O)C1=C(C)N=c2s/c(=C\c3cc(C)n(-c4ccc(Sc5ccc([N+](=O)[O-])cc5)cc4)c3C)c(=O)n2[C@@H]1c1ccc(OCC(=O)OC)c(OCC)c1. The Labute approximate surface area is 324 Å². The van der Waals surface area contributed by atoms with Gasteiger partial charge < -0.3 is 23.5 Å². The van der Waals surface area contributed by atoms with Crippen molar-refractivity contribution in [1.29, 1.82) is 0 Å². The van der Waals surface area contributed by atoms with E-state index in [4.69, 9.17) is 23.9 Å². The lowest BCUT2D eigenvalue weighted by molar-refractivity contribution is -0.384. The van der Waals surface area contributed by atoms with E-state index < -0.39 is 22.9 Å². The van der Waals surface area contributed by atoms with Gasteiger partial charge in [0.25, 0.3) is 11.2 Å². The molecule has 0 fully saturated rings. The molecule has 0 amide bonds. The van der Waals surface area contributed by atoms with Crippen LogP contribution in [-0.2, 0) is 19.1 Å². The van der Waals surface area contributed by atoms with E-state index in [9.17, 15) is 24.5 Å². The van der Waals surface area contributed by atoms with Crippen LogP contribution < -0.4 is 24.4 Å². The van der Waals surface area contributed by atoms with Gasteiger partial charge in [-0.15, -0.1) is 0 Å². The van der Waals surface area contributed by atoms with E-state index in [0.29, 0.717) is 38.7 Å². The van der Waals surface area contributed by atoms with E-state index in [1.54, 1.807) is 44.2 Å². The number of nitro benzene ring substituents is 1. The van der Waals surface area contributed by atoms with Crippen LogP contribution in [0.5, 0.6) is 11.5 Å². The molecule has 0 spiro atoms. The first-order chi connectivity index (χ1) is 26.4. The van der Waals surface area contributed by atoms with Crippen molar-refractivity contribution >= 4 is 46.8 Å². The molecule has 0 bridgehead atoms. The van der Waals surface area contributed by atoms with Gasteiger partial charge in [0.1, 0.15) is 0 Å². The van der Waals surface area contributed by atoms with Crippen LogP contribution >= 0.6 is 23.1 Å². The predicted octanol–water partition coefficient (Wildman–Crippen LogP) is 6.22. The number of methoxy groups -OCH3 is 1. The Morgan fingerprint density at radius 2 is 1.64 bits per heavy atom. The van der Waals surface area contributed by atoms with Crippen molar-refractivity contribution in [2.45, 2.75) is 50.5 Å². The van der Waals surface area contributed by atoms with Gasteiger partial charge in [0.15, 0.2) is 22.9 Å². The van der Waals surface area contributed by atoms with Gasteiger partial charge in [-0.2, -0.15) is 0 Å². The number of carbonyl (C=O) groups is 2. The fourth-order valence-corrected chi connectivity index (χ4v) is 8.15. The lowest BCUT2D eigenvalue weighted by atomic mass is 9.95. The highest BCUT2D eigenvalue weighted by Gasteiger charge is 2.34. The second-order valence-corrected chi connectivity index (χ2v) is 14.5. The third-order valence-corrected chi connectivity index (χ3v) is 10.8. The molecule has 15 heteroatoms. The number of hydrogen-bond acceptors (Lipinski definition) is 12. The molecular formula is C40H38N4O9S2. The molecule has 0 saturated heterocycles. The first kappa shape index (κ1) is 38.8. The summed E-state index contributed by atoms with van der Waals surface area (Å²) in [6.07, 6.45) is 1.84. The van der Waals surface area contributed by atoms with Gasteiger partial charge in [-0.3, -0.25) is 19.5 Å². The van der Waals surface area contributed by atoms with Crippen LogP contribution in [0.25, 0.3) is 11.8 Å². The van der Waals surface area contributed by atoms with E-state index in [-0.39, 0.29) is 30.0 Å². The predicted molar refractivity (Wildman–Crippen MR) is 208 cm³/mol. The molecule has 0 N–H and O–H groups in total. The maximum atomic E-state index is 14.4. The molecule has 284 valence electrons. The largest absolute Gasteiger partial charge is 0.490 e. The lowest BCUT2D eigenvalue weighted by Gasteiger charge is -2.25. The van der Waals surface area contributed by atoms with Gasteiger partial charge in [0, 0.05) is 39.0 Å². The topological polar surface area (TPSA) is 153 Å². The summed E-state index contributed by atoms with van der Waals surface area (Å²) in [5, 5.41) is 11.0. The number of aromatic nitrogens is 2. The second-order valence-electron chi connectivity index (χ2n) is 12.3. The fourth-order valence-electron chi connectivity index (χ4n) is 6.29. The number of benzene rings is 3. The monoisotopic (exact) mass is 782 g/mol. The number of carbonyl (C=O) groups excluding carboxylic acids is 2. The Kier molecular flexibility index (Phi) is 11.7. The highest BCUT2D eigenvalue weighted by atomic mass is 32.2. The van der Waals surface area contributed by atoms with Gasteiger partial charge in [0.05, 0.1) is 47.1 Å². The second kappa shape index (κ2) is 16.6. The fraction of sp³-hybridized carbons (Fsp3) is 0.250. The number of nitro groups is 1. The Balaban J connectivity index is 1.37. The Bertz CT molecular complexity index is 2500. The van der Waals surface area contributed by atoms with E-state index in [2.05, 4.69) is 4.57 Å². The van der Waals surface area contributed by atoms with Crippen LogP contribution in [0, 0.1) is 24.0 Å². The number of ether oxygens (including phenoxy) is 4. The van der Waals surface area contributed by atoms with Crippen molar-refractivity contribution in [3.8, 4) is 17.2 Å². The number of thiazole rings is 1. The van der Waals surface area contributed by atoms with Crippen molar-refractivity contribution in [1.82, 2.24) is 9.13 Å². The van der Waals surface area contributed by atoms with Gasteiger partial charge in [0.2, 0.25) is 0 Å². The molecule has 1 aliphatic heterocycles. The van der Waals surface area contributed by atoms with Crippen LogP contribution in [0.4, 0.5) is 5.69 Å². The first-order valence-corrected chi connectivity index (χ1v) is 18.9. The summed E-state index contributed by atoms with van der Waals surface area (Å²) in [4.78, 5) is 57.2. The number of esters is 2. The normalized spacial score (nSPS) is 13.9. The lowest BCUT2D eigenvalue weighted by Crippen LogP contribution is -2.40. The highest BCUT2D eigenvalue weighted by molar-refractivity contribution is 7.99. The zero-order valence-corrected chi connectivity index (χ0v) is 32.6. The quantitative estimate of drug-likeness (QED) is 0.0765. The maximum absolute atomic E-state index is 14.4. The van der Waals surface area contributed by atoms with Gasteiger partial charge in [-0.05, 0) is 106 Å². The Morgan fingerprint density at radius 3 is 2.27 bits per heavy atom. The van der Waals surface area contributed by atoms with Crippen LogP contribution in [0.3, 0.4) is 0 Å². The van der Waals surface area contributed by atoms with Crippen molar-refractivity contribution in [2.24, 2.45) is 4.99 Å². The number of rotatable bonds is 13. The molecule has 3 heterocycles. The molecule has 3 aromatic carbocycles. The van der Waals surface area contributed by atoms with Crippen molar-refractivity contribution in [3.05, 3.63) is 136 Å². The van der Waals surface area contributed by atoms with Crippen LogP contribution in [0.1, 0.15) is 49.3 Å². The third kappa shape index (κ3) is 8.12.